The molecule has 0 radical (unpaired) electrons. The fourth-order valence-electron chi connectivity index (χ4n) is 2.05. The van der Waals surface area contributed by atoms with Gasteiger partial charge in [0.15, 0.2) is 0 Å². The third kappa shape index (κ3) is 3.17. The van der Waals surface area contributed by atoms with Crippen molar-refractivity contribution in [3.05, 3.63) is 22.9 Å². The van der Waals surface area contributed by atoms with Crippen LogP contribution in [0, 0.1) is 13.8 Å². The van der Waals surface area contributed by atoms with Crippen molar-refractivity contribution in [1.29, 1.82) is 0 Å². The minimum Gasteiger partial charge on any atom is -0.395 e. The highest BCUT2D eigenvalue weighted by Crippen LogP contribution is 2.24. The van der Waals surface area contributed by atoms with Crippen LogP contribution in [0.5, 0.6) is 0 Å². The maximum Gasteiger partial charge on any atom is 0.139 e. The number of pyridine rings is 1. The zero-order valence-corrected chi connectivity index (χ0v) is 12.2. The number of aromatic nitrogens is 1. The first-order chi connectivity index (χ1) is 8.38. The lowest BCUT2D eigenvalue weighted by Crippen LogP contribution is -2.36. The Hall–Kier alpha value is -1.20. The normalized spacial score (nSPS) is 10.8. The molecular formula is C13H21N3OS. The minimum absolute atomic E-state index is 0.0730. The van der Waals surface area contributed by atoms with Crippen molar-refractivity contribution >= 4 is 23.0 Å². The van der Waals surface area contributed by atoms with Gasteiger partial charge in [-0.05, 0) is 39.3 Å². The van der Waals surface area contributed by atoms with Gasteiger partial charge in [-0.15, -0.1) is 0 Å². The number of aliphatic hydroxyl groups excluding tert-OH is 1. The summed E-state index contributed by atoms with van der Waals surface area (Å²) in [5, 5.41) is 9.18. The van der Waals surface area contributed by atoms with Gasteiger partial charge in [0.1, 0.15) is 10.8 Å². The number of hydrogen-bond acceptors (Lipinski definition) is 4. The molecule has 0 bridgehead atoms. The highest BCUT2D eigenvalue weighted by atomic mass is 32.1. The second kappa shape index (κ2) is 6.11. The fourth-order valence-corrected chi connectivity index (χ4v) is 2.30. The first-order valence-electron chi connectivity index (χ1n) is 6.04. The van der Waals surface area contributed by atoms with E-state index < -0.39 is 0 Å². The smallest absolute Gasteiger partial charge is 0.139 e. The molecule has 0 unspecified atom stereocenters. The zero-order chi connectivity index (χ0) is 13.9. The van der Waals surface area contributed by atoms with Gasteiger partial charge in [-0.1, -0.05) is 12.2 Å². The largest absolute Gasteiger partial charge is 0.395 e. The molecular weight excluding hydrogens is 246 g/mol. The molecule has 0 aromatic carbocycles. The van der Waals surface area contributed by atoms with Gasteiger partial charge in [0.2, 0.25) is 0 Å². The van der Waals surface area contributed by atoms with E-state index in [1.807, 2.05) is 24.8 Å². The van der Waals surface area contributed by atoms with Crippen molar-refractivity contribution in [2.75, 3.05) is 18.1 Å². The number of rotatable bonds is 5. The van der Waals surface area contributed by atoms with Crippen LogP contribution in [0.4, 0.5) is 5.82 Å². The van der Waals surface area contributed by atoms with E-state index in [0.717, 1.165) is 22.6 Å². The molecule has 0 fully saturated rings. The molecule has 5 heteroatoms. The number of aryl methyl sites for hydroxylation is 2. The number of anilines is 1. The number of hydrogen-bond donors (Lipinski definition) is 2. The molecule has 3 N–H and O–H groups in total. The lowest BCUT2D eigenvalue weighted by atomic mass is 10.1. The van der Waals surface area contributed by atoms with Gasteiger partial charge < -0.3 is 15.7 Å². The van der Waals surface area contributed by atoms with E-state index in [1.165, 1.54) is 0 Å². The summed E-state index contributed by atoms with van der Waals surface area (Å²) in [6.07, 6.45) is 0. The topological polar surface area (TPSA) is 62.4 Å². The van der Waals surface area contributed by atoms with E-state index in [9.17, 15) is 5.11 Å². The van der Waals surface area contributed by atoms with Gasteiger partial charge in [0.05, 0.1) is 12.2 Å². The molecule has 0 atom stereocenters. The summed E-state index contributed by atoms with van der Waals surface area (Å²) in [5.41, 5.74) is 8.55. The van der Waals surface area contributed by atoms with Crippen LogP contribution in [0.1, 0.15) is 30.7 Å². The average Bonchev–Trinajstić information content (AvgIpc) is 2.23. The van der Waals surface area contributed by atoms with Crippen molar-refractivity contribution in [2.45, 2.75) is 33.7 Å². The number of aliphatic hydroxyl groups is 1. The summed E-state index contributed by atoms with van der Waals surface area (Å²) >= 11 is 5.12. The summed E-state index contributed by atoms with van der Waals surface area (Å²) in [5.74, 6) is 0.768. The van der Waals surface area contributed by atoms with Gasteiger partial charge in [-0.2, -0.15) is 0 Å². The maximum absolute atomic E-state index is 9.18. The van der Waals surface area contributed by atoms with Crippen LogP contribution in [0.2, 0.25) is 0 Å². The van der Waals surface area contributed by atoms with Crippen molar-refractivity contribution in [3.8, 4) is 0 Å². The average molecular weight is 267 g/mol. The van der Waals surface area contributed by atoms with Crippen LogP contribution < -0.4 is 10.6 Å². The van der Waals surface area contributed by atoms with Crippen molar-refractivity contribution in [1.82, 2.24) is 4.98 Å². The van der Waals surface area contributed by atoms with Gasteiger partial charge in [0, 0.05) is 18.3 Å². The molecule has 18 heavy (non-hydrogen) atoms. The van der Waals surface area contributed by atoms with Crippen LogP contribution >= 0.6 is 12.2 Å². The molecule has 0 aliphatic carbocycles. The Morgan fingerprint density at radius 2 is 2.11 bits per heavy atom. The summed E-state index contributed by atoms with van der Waals surface area (Å²) in [6.45, 7) is 8.62. The second-order valence-electron chi connectivity index (χ2n) is 4.65. The highest BCUT2D eigenvalue weighted by molar-refractivity contribution is 7.80. The Morgan fingerprint density at radius 3 is 2.56 bits per heavy atom. The Labute approximate surface area is 114 Å². The molecule has 0 aliphatic rings. The van der Waals surface area contributed by atoms with E-state index in [0.29, 0.717) is 11.5 Å². The first-order valence-corrected chi connectivity index (χ1v) is 6.44. The van der Waals surface area contributed by atoms with E-state index in [4.69, 9.17) is 18.0 Å². The predicted octanol–water partition coefficient (Wildman–Crippen LogP) is 1.54. The van der Waals surface area contributed by atoms with E-state index in [-0.39, 0.29) is 12.6 Å². The third-order valence-corrected chi connectivity index (χ3v) is 3.01. The number of thiocarbonyl (C=S) groups is 1. The third-order valence-electron chi connectivity index (χ3n) is 2.81. The second-order valence-corrected chi connectivity index (χ2v) is 5.09. The zero-order valence-electron chi connectivity index (χ0n) is 11.4. The van der Waals surface area contributed by atoms with Crippen LogP contribution in [0.3, 0.4) is 0 Å². The van der Waals surface area contributed by atoms with Crippen LogP contribution in [0.15, 0.2) is 6.07 Å². The molecule has 1 rings (SSSR count). The van der Waals surface area contributed by atoms with Crippen LogP contribution in [-0.2, 0) is 0 Å². The van der Waals surface area contributed by atoms with E-state index >= 15 is 0 Å². The lowest BCUT2D eigenvalue weighted by molar-refractivity contribution is 0.298. The van der Waals surface area contributed by atoms with Crippen molar-refractivity contribution in [2.24, 2.45) is 5.73 Å². The Balaban J connectivity index is 3.39. The molecule has 1 aromatic heterocycles. The lowest BCUT2D eigenvalue weighted by Gasteiger charge is -2.29. The molecule has 100 valence electrons. The van der Waals surface area contributed by atoms with Gasteiger partial charge in [-0.3, -0.25) is 0 Å². The number of nitrogens with two attached hydrogens (primary N) is 1. The molecule has 1 aromatic rings. The van der Waals surface area contributed by atoms with E-state index in [2.05, 4.69) is 18.8 Å². The van der Waals surface area contributed by atoms with E-state index in [1.54, 1.807) is 0 Å². The molecule has 0 saturated heterocycles. The summed E-state index contributed by atoms with van der Waals surface area (Å²) in [6, 6.07) is 2.19. The fraction of sp³-hybridized carbons (Fsp3) is 0.538. The summed E-state index contributed by atoms with van der Waals surface area (Å²) in [7, 11) is 0. The first kappa shape index (κ1) is 14.9. The summed E-state index contributed by atoms with van der Waals surface area (Å²) < 4.78 is 0. The van der Waals surface area contributed by atoms with Crippen LogP contribution in [0.25, 0.3) is 0 Å². The molecule has 0 aliphatic heterocycles. The van der Waals surface area contributed by atoms with Gasteiger partial charge >= 0.3 is 0 Å². The molecule has 0 spiro atoms. The molecule has 4 nitrogen and oxygen atoms in total. The molecule has 0 amide bonds. The van der Waals surface area contributed by atoms with Gasteiger partial charge in [-0.25, -0.2) is 4.98 Å². The predicted molar refractivity (Wildman–Crippen MR) is 79.2 cm³/mol. The Kier molecular flexibility index (Phi) is 5.04. The molecule has 0 saturated carbocycles. The quantitative estimate of drug-likeness (QED) is 0.792. The van der Waals surface area contributed by atoms with Crippen molar-refractivity contribution < 1.29 is 5.11 Å². The van der Waals surface area contributed by atoms with Crippen LogP contribution in [-0.4, -0.2) is 34.3 Å². The Bertz CT molecular complexity index is 446. The standard InChI is InChI=1S/C13H21N3OS/c1-8(2)16(5-6-17)13-11(12(14)18)9(3)7-10(4)15-13/h7-8,17H,5-6H2,1-4H3,(H2,14,18). The van der Waals surface area contributed by atoms with Gasteiger partial charge in [0.25, 0.3) is 0 Å². The van der Waals surface area contributed by atoms with Crippen molar-refractivity contribution in [3.63, 3.8) is 0 Å². The monoisotopic (exact) mass is 267 g/mol. The SMILES string of the molecule is Cc1cc(C)c(C(N)=S)c(N(CCO)C(C)C)n1. The Morgan fingerprint density at radius 1 is 1.50 bits per heavy atom. The highest BCUT2D eigenvalue weighted by Gasteiger charge is 2.19. The summed E-state index contributed by atoms with van der Waals surface area (Å²) in [4.78, 5) is 6.91. The molecule has 1 heterocycles. The number of nitrogens with zero attached hydrogens (tertiary/aromatic N) is 2. The minimum atomic E-state index is 0.0730. The maximum atomic E-state index is 9.18.